The number of thioether (sulfide) groups is 1. The van der Waals surface area contributed by atoms with Crippen LogP contribution in [0.1, 0.15) is 31.4 Å². The summed E-state index contributed by atoms with van der Waals surface area (Å²) < 4.78 is 0. The van der Waals surface area contributed by atoms with Crippen LogP contribution in [0.25, 0.3) is 10.8 Å². The molecule has 2 aromatic rings. The van der Waals surface area contributed by atoms with Gasteiger partial charge in [-0.3, -0.25) is 10.3 Å². The van der Waals surface area contributed by atoms with Crippen LogP contribution in [0.3, 0.4) is 0 Å². The molecule has 132 valence electrons. The molecule has 0 aromatic heterocycles. The lowest BCUT2D eigenvalue weighted by Gasteiger charge is -2.30. The van der Waals surface area contributed by atoms with Gasteiger partial charge in [0.05, 0.1) is 11.5 Å². The van der Waals surface area contributed by atoms with Crippen molar-refractivity contribution in [3.8, 4) is 0 Å². The molecule has 0 amide bonds. The van der Waals surface area contributed by atoms with Gasteiger partial charge in [-0.1, -0.05) is 30.3 Å². The van der Waals surface area contributed by atoms with E-state index in [0.29, 0.717) is 6.42 Å². The van der Waals surface area contributed by atoms with Crippen LogP contribution >= 0.6 is 11.8 Å². The lowest BCUT2D eigenvalue weighted by molar-refractivity contribution is -0.508. The largest absolute Gasteiger partial charge is 0.546 e. The van der Waals surface area contributed by atoms with E-state index in [9.17, 15) is 9.90 Å². The topological polar surface area (TPSA) is 66.1 Å². The third-order valence-electron chi connectivity index (χ3n) is 4.61. The molecule has 1 aliphatic heterocycles. The minimum atomic E-state index is -1.06. The van der Waals surface area contributed by atoms with Crippen molar-refractivity contribution in [1.29, 1.82) is 0 Å². The molecule has 1 heterocycles. The highest BCUT2D eigenvalue weighted by Gasteiger charge is 2.35. The molecule has 0 saturated heterocycles. The van der Waals surface area contributed by atoms with Crippen molar-refractivity contribution in [2.75, 3.05) is 12.0 Å². The van der Waals surface area contributed by atoms with Gasteiger partial charge in [0.25, 0.3) is 5.84 Å². The number of carbonyl (C=O) groups is 1. The van der Waals surface area contributed by atoms with Crippen LogP contribution in [0.4, 0.5) is 0 Å². The van der Waals surface area contributed by atoms with Crippen LogP contribution in [0.5, 0.6) is 0 Å². The maximum atomic E-state index is 11.5. The van der Waals surface area contributed by atoms with Crippen molar-refractivity contribution in [3.63, 3.8) is 0 Å². The van der Waals surface area contributed by atoms with E-state index in [0.717, 1.165) is 23.6 Å². The van der Waals surface area contributed by atoms with Crippen molar-refractivity contribution in [2.45, 2.75) is 38.3 Å². The minimum Gasteiger partial charge on any atom is -0.546 e. The van der Waals surface area contributed by atoms with E-state index in [1.807, 2.05) is 18.4 Å². The number of carboxylic acids is 1. The number of fused-ring (bicyclic) bond motifs is 3. The average Bonchev–Trinajstić information content (AvgIpc) is 2.57. The first-order valence-electron chi connectivity index (χ1n) is 8.54. The van der Waals surface area contributed by atoms with Gasteiger partial charge in [-0.05, 0) is 48.3 Å². The van der Waals surface area contributed by atoms with Crippen LogP contribution in [-0.4, -0.2) is 35.4 Å². The molecule has 0 radical (unpaired) electrons. The summed E-state index contributed by atoms with van der Waals surface area (Å²) in [6, 6.07) is 11.8. The van der Waals surface area contributed by atoms with Crippen LogP contribution in [0.2, 0.25) is 0 Å². The number of aliphatic carboxylic acids is 1. The molecule has 0 spiro atoms. The smallest absolute Gasteiger partial charge is 0.276 e. The molecule has 25 heavy (non-hydrogen) atoms. The molecule has 5 heteroatoms. The van der Waals surface area contributed by atoms with E-state index in [1.54, 1.807) is 11.8 Å². The van der Waals surface area contributed by atoms with Crippen molar-refractivity contribution in [1.82, 2.24) is 5.32 Å². The zero-order valence-electron chi connectivity index (χ0n) is 14.9. The van der Waals surface area contributed by atoms with E-state index in [2.05, 4.69) is 48.4 Å². The Morgan fingerprint density at radius 1 is 1.32 bits per heavy atom. The fraction of sp³-hybridized carbons (Fsp3) is 0.400. The monoisotopic (exact) mass is 356 g/mol. The van der Waals surface area contributed by atoms with E-state index in [-0.39, 0.29) is 5.54 Å². The maximum absolute atomic E-state index is 11.5. The Morgan fingerprint density at radius 3 is 2.80 bits per heavy atom. The van der Waals surface area contributed by atoms with Crippen LogP contribution < -0.4 is 15.4 Å². The van der Waals surface area contributed by atoms with Crippen molar-refractivity contribution >= 4 is 34.3 Å². The number of hydrogen-bond donors (Lipinski definition) is 2. The fourth-order valence-corrected chi connectivity index (χ4v) is 3.90. The quantitative estimate of drug-likeness (QED) is 0.817. The van der Waals surface area contributed by atoms with Gasteiger partial charge in [0.15, 0.2) is 0 Å². The average molecular weight is 356 g/mol. The molecule has 3 rings (SSSR count). The van der Waals surface area contributed by atoms with Gasteiger partial charge in [-0.25, -0.2) is 0 Å². The molecule has 0 saturated carbocycles. The molecule has 0 bridgehead atoms. The molecule has 2 N–H and O–H groups in total. The van der Waals surface area contributed by atoms with Crippen molar-refractivity contribution in [2.24, 2.45) is 0 Å². The number of nitrogens with one attached hydrogen (secondary N) is 2. The minimum absolute atomic E-state index is 0.157. The molecular formula is C20H24N2O2S. The van der Waals surface area contributed by atoms with Gasteiger partial charge in [-0.15, -0.1) is 0 Å². The van der Waals surface area contributed by atoms with Crippen LogP contribution in [0, 0.1) is 0 Å². The predicted molar refractivity (Wildman–Crippen MR) is 102 cm³/mol. The highest BCUT2D eigenvalue weighted by atomic mass is 32.2. The summed E-state index contributed by atoms with van der Waals surface area (Å²) in [4.78, 5) is 14.7. The zero-order valence-corrected chi connectivity index (χ0v) is 15.7. The van der Waals surface area contributed by atoms with E-state index >= 15 is 0 Å². The van der Waals surface area contributed by atoms with Crippen LogP contribution in [-0.2, 0) is 11.2 Å². The fourth-order valence-electron chi connectivity index (χ4n) is 3.43. The molecular weight excluding hydrogens is 332 g/mol. The van der Waals surface area contributed by atoms with Gasteiger partial charge in [0.1, 0.15) is 11.6 Å². The second-order valence-corrected chi connectivity index (χ2v) is 8.16. The van der Waals surface area contributed by atoms with Gasteiger partial charge in [-0.2, -0.15) is 11.8 Å². The Hall–Kier alpha value is -2.01. The van der Waals surface area contributed by atoms with E-state index in [4.69, 9.17) is 0 Å². The first-order chi connectivity index (χ1) is 11.9. The summed E-state index contributed by atoms with van der Waals surface area (Å²) in [6.45, 7) is 4.27. The van der Waals surface area contributed by atoms with E-state index < -0.39 is 12.0 Å². The lowest BCUT2D eigenvalue weighted by Crippen LogP contribution is -2.87. The Morgan fingerprint density at radius 2 is 2.08 bits per heavy atom. The number of carbonyl (C=O) groups excluding carboxylic acids is 1. The van der Waals surface area contributed by atoms with Crippen LogP contribution in [0.15, 0.2) is 36.4 Å². The van der Waals surface area contributed by atoms with Gasteiger partial charge < -0.3 is 9.90 Å². The number of carboxylic acid groups (broad SMARTS) is 1. The Balaban J connectivity index is 2.11. The third kappa shape index (κ3) is 3.82. The number of hydrogen-bond acceptors (Lipinski definition) is 3. The third-order valence-corrected chi connectivity index (χ3v) is 5.25. The molecule has 0 fully saturated rings. The first kappa shape index (κ1) is 17.8. The Labute approximate surface area is 152 Å². The normalized spacial score (nSPS) is 18.6. The first-order valence-corrected chi connectivity index (χ1v) is 9.93. The summed E-state index contributed by atoms with van der Waals surface area (Å²) in [5.74, 6) is 0.494. The predicted octanol–water partition coefficient (Wildman–Crippen LogP) is 0.463. The summed E-state index contributed by atoms with van der Waals surface area (Å²) >= 11 is 1.64. The van der Waals surface area contributed by atoms with E-state index in [1.165, 1.54) is 16.3 Å². The second kappa shape index (κ2) is 7.08. The number of rotatable bonds is 5. The molecule has 1 aliphatic rings. The second-order valence-electron chi connectivity index (χ2n) is 7.17. The lowest BCUT2D eigenvalue weighted by atomic mass is 9.84. The van der Waals surface area contributed by atoms with Gasteiger partial charge in [0, 0.05) is 12.8 Å². The number of amidine groups is 1. The summed E-state index contributed by atoms with van der Waals surface area (Å²) in [5, 5.41) is 17.5. The molecule has 0 unspecified atom stereocenters. The van der Waals surface area contributed by atoms with Crippen molar-refractivity contribution in [3.05, 3.63) is 47.5 Å². The molecule has 4 nitrogen and oxygen atoms in total. The Bertz CT molecular complexity index is 830. The molecule has 1 atom stereocenters. The summed E-state index contributed by atoms with van der Waals surface area (Å²) in [7, 11) is 0. The number of benzene rings is 2. The summed E-state index contributed by atoms with van der Waals surface area (Å²) in [5.41, 5.74) is 2.15. The van der Waals surface area contributed by atoms with Crippen molar-refractivity contribution < 1.29 is 14.9 Å². The summed E-state index contributed by atoms with van der Waals surface area (Å²) in [6.07, 6.45) is 3.39. The van der Waals surface area contributed by atoms with Gasteiger partial charge in [0.2, 0.25) is 0 Å². The Kier molecular flexibility index (Phi) is 5.04. The highest BCUT2D eigenvalue weighted by Crippen LogP contribution is 2.29. The SMILES string of the molecule is CSCC[C@H]([NH+]=C1NC(C)(C)Cc2c1ccc1ccccc21)C(=O)[O-]. The van der Waals surface area contributed by atoms with Gasteiger partial charge >= 0.3 is 0 Å². The molecule has 0 aliphatic carbocycles. The zero-order chi connectivity index (χ0) is 18.0. The highest BCUT2D eigenvalue weighted by molar-refractivity contribution is 7.98. The maximum Gasteiger partial charge on any atom is 0.276 e. The molecule has 2 aromatic carbocycles. The standard InChI is InChI=1S/C20H24N2O2S/c1-20(2)12-16-14-7-5-4-6-13(14)8-9-15(16)18(22-20)21-17(19(23)24)10-11-25-3/h4-9,17H,10-12H2,1-3H3,(H,21,22)(H,23,24)/t17-/m0/s1.